The summed E-state index contributed by atoms with van der Waals surface area (Å²) in [5.41, 5.74) is 1.84. The minimum absolute atomic E-state index is 0.0656. The Labute approximate surface area is 130 Å². The summed E-state index contributed by atoms with van der Waals surface area (Å²) in [5.74, 6) is -0.525. The highest BCUT2D eigenvalue weighted by Gasteiger charge is 2.25. The molecule has 0 bridgehead atoms. The number of anilines is 2. The molecular weight excluding hydrogens is 278 g/mol. The molecule has 5 nitrogen and oxygen atoms in total. The Bertz CT molecular complexity index is 590. The van der Waals surface area contributed by atoms with Gasteiger partial charge in [0.05, 0.1) is 5.92 Å². The fourth-order valence-corrected chi connectivity index (χ4v) is 2.32. The van der Waals surface area contributed by atoms with Gasteiger partial charge in [0.2, 0.25) is 11.8 Å². The molecule has 2 amide bonds. The quantitative estimate of drug-likeness (QED) is 0.645. The predicted molar refractivity (Wildman–Crippen MR) is 88.8 cm³/mol. The van der Waals surface area contributed by atoms with Crippen LogP contribution in [0, 0.1) is 5.92 Å². The van der Waals surface area contributed by atoms with Gasteiger partial charge in [0.25, 0.3) is 0 Å². The van der Waals surface area contributed by atoms with Crippen molar-refractivity contribution in [3.05, 3.63) is 49.1 Å². The van der Waals surface area contributed by atoms with Gasteiger partial charge in [0.15, 0.2) is 0 Å². The molecule has 1 aliphatic rings. The van der Waals surface area contributed by atoms with Crippen LogP contribution in [-0.4, -0.2) is 32.0 Å². The Hall–Kier alpha value is -2.56. The summed E-state index contributed by atoms with van der Waals surface area (Å²) >= 11 is 0. The maximum atomic E-state index is 12.2. The van der Waals surface area contributed by atoms with E-state index >= 15 is 0 Å². The zero-order chi connectivity index (χ0) is 16.1. The maximum Gasteiger partial charge on any atom is 0.243 e. The third-order valence-electron chi connectivity index (χ3n) is 3.58. The van der Waals surface area contributed by atoms with Crippen LogP contribution in [-0.2, 0) is 9.59 Å². The number of benzene rings is 1. The summed E-state index contributed by atoms with van der Waals surface area (Å²) in [5, 5.41) is 5.66. The summed E-state index contributed by atoms with van der Waals surface area (Å²) in [4.78, 5) is 25.5. The Kier molecular flexibility index (Phi) is 4.99. The van der Waals surface area contributed by atoms with Crippen LogP contribution >= 0.6 is 0 Å². The minimum atomic E-state index is -0.233. The van der Waals surface area contributed by atoms with Gasteiger partial charge in [0, 0.05) is 31.5 Å². The number of carbonyl (C=O) groups is 2. The van der Waals surface area contributed by atoms with Gasteiger partial charge in [-0.1, -0.05) is 18.7 Å². The van der Waals surface area contributed by atoms with E-state index in [-0.39, 0.29) is 23.8 Å². The van der Waals surface area contributed by atoms with Gasteiger partial charge in [-0.3, -0.25) is 9.59 Å². The number of nitrogens with one attached hydrogen (secondary N) is 2. The van der Waals surface area contributed by atoms with Crippen molar-refractivity contribution in [3.63, 3.8) is 0 Å². The van der Waals surface area contributed by atoms with Crippen molar-refractivity contribution in [2.24, 2.45) is 5.92 Å². The molecule has 0 saturated carbocycles. The molecule has 1 aromatic rings. The molecule has 116 valence electrons. The Balaban J connectivity index is 1.89. The summed E-state index contributed by atoms with van der Waals surface area (Å²) in [6.45, 7) is 3.41. The first kappa shape index (κ1) is 15.8. The largest absolute Gasteiger partial charge is 0.378 e. The fourth-order valence-electron chi connectivity index (χ4n) is 2.32. The van der Waals surface area contributed by atoms with E-state index in [2.05, 4.69) is 17.2 Å². The summed E-state index contributed by atoms with van der Waals surface area (Å²) in [6, 6.07) is 7.55. The van der Waals surface area contributed by atoms with E-state index in [0.717, 1.165) is 11.4 Å². The Morgan fingerprint density at radius 3 is 2.50 bits per heavy atom. The van der Waals surface area contributed by atoms with E-state index in [1.165, 1.54) is 6.08 Å². The number of hydrogen-bond donors (Lipinski definition) is 2. The molecule has 2 rings (SSSR count). The molecule has 0 heterocycles. The van der Waals surface area contributed by atoms with Crippen molar-refractivity contribution in [3.8, 4) is 0 Å². The number of rotatable bonds is 5. The molecular formula is C17H21N3O2. The molecule has 2 atom stereocenters. The van der Waals surface area contributed by atoms with Crippen LogP contribution in [0.25, 0.3) is 0 Å². The van der Waals surface area contributed by atoms with E-state index in [9.17, 15) is 9.59 Å². The van der Waals surface area contributed by atoms with Gasteiger partial charge in [-0.15, -0.1) is 0 Å². The van der Waals surface area contributed by atoms with Crippen molar-refractivity contribution in [2.45, 2.75) is 12.5 Å². The summed E-state index contributed by atoms with van der Waals surface area (Å²) < 4.78 is 0. The van der Waals surface area contributed by atoms with Crippen molar-refractivity contribution < 1.29 is 9.59 Å². The Morgan fingerprint density at radius 2 is 1.91 bits per heavy atom. The van der Waals surface area contributed by atoms with Gasteiger partial charge in [-0.2, -0.15) is 0 Å². The topological polar surface area (TPSA) is 61.4 Å². The molecule has 22 heavy (non-hydrogen) atoms. The lowest BCUT2D eigenvalue weighted by atomic mass is 10.1. The third kappa shape index (κ3) is 3.97. The zero-order valence-electron chi connectivity index (χ0n) is 12.9. The molecule has 5 heteroatoms. The maximum absolute atomic E-state index is 12.2. The van der Waals surface area contributed by atoms with Gasteiger partial charge in [-0.05, 0) is 36.8 Å². The summed E-state index contributed by atoms with van der Waals surface area (Å²) in [6.07, 6.45) is 5.48. The van der Waals surface area contributed by atoms with Gasteiger partial charge in [0.1, 0.15) is 0 Å². The van der Waals surface area contributed by atoms with Crippen LogP contribution in [0.15, 0.2) is 49.1 Å². The minimum Gasteiger partial charge on any atom is -0.378 e. The average molecular weight is 299 g/mol. The smallest absolute Gasteiger partial charge is 0.243 e. The molecule has 0 aromatic heterocycles. The van der Waals surface area contributed by atoms with Crippen molar-refractivity contribution in [1.82, 2.24) is 5.32 Å². The van der Waals surface area contributed by atoms with Gasteiger partial charge >= 0.3 is 0 Å². The van der Waals surface area contributed by atoms with Crippen molar-refractivity contribution >= 4 is 23.2 Å². The van der Waals surface area contributed by atoms with Crippen LogP contribution in [0.1, 0.15) is 6.42 Å². The van der Waals surface area contributed by atoms with Crippen LogP contribution < -0.4 is 15.5 Å². The highest BCUT2D eigenvalue weighted by Crippen LogP contribution is 2.21. The molecule has 0 radical (unpaired) electrons. The fraction of sp³-hybridized carbons (Fsp3) is 0.294. The first-order valence-corrected chi connectivity index (χ1v) is 7.19. The SMILES string of the molecule is C=CC(=O)N[C@H]1C=C[C@@H](C(=O)Nc2ccc(N(C)C)cc2)C1. The highest BCUT2D eigenvalue weighted by molar-refractivity contribution is 5.94. The van der Waals surface area contributed by atoms with E-state index in [1.807, 2.05) is 55.4 Å². The number of nitrogens with zero attached hydrogens (tertiary/aromatic N) is 1. The molecule has 2 N–H and O–H groups in total. The van der Waals surface area contributed by atoms with E-state index in [0.29, 0.717) is 6.42 Å². The highest BCUT2D eigenvalue weighted by atomic mass is 16.2. The molecule has 0 spiro atoms. The average Bonchev–Trinajstić information content (AvgIpc) is 2.96. The molecule has 0 saturated heterocycles. The van der Waals surface area contributed by atoms with Gasteiger partial charge in [-0.25, -0.2) is 0 Å². The monoisotopic (exact) mass is 299 g/mol. The van der Waals surface area contributed by atoms with Crippen LogP contribution in [0.3, 0.4) is 0 Å². The lowest BCUT2D eigenvalue weighted by molar-refractivity contribution is -0.119. The first-order valence-electron chi connectivity index (χ1n) is 7.19. The zero-order valence-corrected chi connectivity index (χ0v) is 12.9. The molecule has 0 fully saturated rings. The molecule has 0 aliphatic heterocycles. The van der Waals surface area contributed by atoms with E-state index in [1.54, 1.807) is 0 Å². The van der Waals surface area contributed by atoms with Crippen LogP contribution in [0.4, 0.5) is 11.4 Å². The molecule has 1 aliphatic carbocycles. The van der Waals surface area contributed by atoms with E-state index < -0.39 is 0 Å². The number of amides is 2. The standard InChI is InChI=1S/C17H21N3O2/c1-4-16(21)18-14-6-5-12(11-14)17(22)19-13-7-9-15(10-8-13)20(2)3/h4-10,12,14H,1,11H2,2-3H3,(H,18,21)(H,19,22)/t12-,14+/m1/s1. The number of hydrogen-bond acceptors (Lipinski definition) is 3. The molecule has 1 aromatic carbocycles. The second-order valence-corrected chi connectivity index (χ2v) is 5.48. The Morgan fingerprint density at radius 1 is 1.23 bits per heavy atom. The van der Waals surface area contributed by atoms with Crippen LogP contribution in [0.5, 0.6) is 0 Å². The van der Waals surface area contributed by atoms with Gasteiger partial charge < -0.3 is 15.5 Å². The van der Waals surface area contributed by atoms with Crippen molar-refractivity contribution in [1.29, 1.82) is 0 Å². The van der Waals surface area contributed by atoms with Crippen molar-refractivity contribution in [2.75, 3.05) is 24.3 Å². The van der Waals surface area contributed by atoms with Crippen LogP contribution in [0.2, 0.25) is 0 Å². The lowest BCUT2D eigenvalue weighted by Gasteiger charge is -2.15. The second-order valence-electron chi connectivity index (χ2n) is 5.48. The molecule has 0 unspecified atom stereocenters. The first-order chi connectivity index (χ1) is 10.5. The second kappa shape index (κ2) is 6.93. The predicted octanol–water partition coefficient (Wildman–Crippen LogP) is 1.94. The lowest BCUT2D eigenvalue weighted by Crippen LogP contribution is -2.32. The number of carbonyl (C=O) groups excluding carboxylic acids is 2. The third-order valence-corrected chi connectivity index (χ3v) is 3.58. The van der Waals surface area contributed by atoms with E-state index in [4.69, 9.17) is 0 Å². The normalized spacial score (nSPS) is 19.5. The summed E-state index contributed by atoms with van der Waals surface area (Å²) in [7, 11) is 3.93.